The van der Waals surface area contributed by atoms with E-state index in [0.717, 1.165) is 17.5 Å². The second-order valence-electron chi connectivity index (χ2n) is 7.63. The van der Waals surface area contributed by atoms with E-state index in [-0.39, 0.29) is 13.2 Å². The molecule has 0 amide bonds. The molecule has 0 aliphatic heterocycles. The van der Waals surface area contributed by atoms with E-state index in [0.29, 0.717) is 18.9 Å². The number of hydrogen-bond acceptors (Lipinski definition) is 5. The summed E-state index contributed by atoms with van der Waals surface area (Å²) in [5, 5.41) is 12.3. The summed E-state index contributed by atoms with van der Waals surface area (Å²) in [6.45, 7) is 5.35. The third-order valence-electron chi connectivity index (χ3n) is 4.70. The predicted molar refractivity (Wildman–Crippen MR) is 111 cm³/mol. The second kappa shape index (κ2) is 11.6. The van der Waals surface area contributed by atoms with Crippen LogP contribution >= 0.6 is 0 Å². The highest BCUT2D eigenvalue weighted by Crippen LogP contribution is 2.17. The molecule has 5 heteroatoms. The van der Waals surface area contributed by atoms with Gasteiger partial charge in [-0.25, -0.2) is 5.01 Å². The van der Waals surface area contributed by atoms with Crippen molar-refractivity contribution in [2.75, 3.05) is 13.1 Å². The number of rotatable bonds is 11. The van der Waals surface area contributed by atoms with Crippen LogP contribution in [0.5, 0.6) is 0 Å². The van der Waals surface area contributed by atoms with Gasteiger partial charge in [0.15, 0.2) is 0 Å². The third-order valence-corrected chi connectivity index (χ3v) is 4.70. The van der Waals surface area contributed by atoms with Gasteiger partial charge in [0.25, 0.3) is 0 Å². The maximum absolute atomic E-state index is 12.8. The molecule has 152 valence electrons. The van der Waals surface area contributed by atoms with Crippen LogP contribution in [0.1, 0.15) is 31.4 Å². The molecule has 5 nitrogen and oxygen atoms in total. The monoisotopic (exact) mass is 384 g/mol. The Balaban J connectivity index is 2.01. The van der Waals surface area contributed by atoms with E-state index < -0.39 is 18.0 Å². The first-order chi connectivity index (χ1) is 13.5. The van der Waals surface area contributed by atoms with Crippen LogP contribution in [0.2, 0.25) is 0 Å². The summed E-state index contributed by atoms with van der Waals surface area (Å²) < 4.78 is 5.51. The molecule has 2 aromatic rings. The molecular formula is C23H32N2O3. The zero-order valence-electron chi connectivity index (χ0n) is 16.8. The van der Waals surface area contributed by atoms with Gasteiger partial charge in [-0.1, -0.05) is 74.5 Å². The number of nitrogens with zero attached hydrogens (tertiary/aromatic N) is 1. The molecule has 0 saturated carbocycles. The van der Waals surface area contributed by atoms with Crippen LogP contribution in [0.3, 0.4) is 0 Å². The zero-order valence-corrected chi connectivity index (χ0v) is 16.8. The normalized spacial score (nSPS) is 13.5. The molecule has 0 aromatic heterocycles. The van der Waals surface area contributed by atoms with E-state index >= 15 is 0 Å². The van der Waals surface area contributed by atoms with Gasteiger partial charge in [-0.2, -0.15) is 0 Å². The van der Waals surface area contributed by atoms with Crippen molar-refractivity contribution in [1.29, 1.82) is 0 Å². The molecule has 0 fully saturated rings. The molecular weight excluding hydrogens is 352 g/mol. The Bertz CT molecular complexity index is 692. The summed E-state index contributed by atoms with van der Waals surface area (Å²) in [7, 11) is 0. The van der Waals surface area contributed by atoms with E-state index in [1.807, 2.05) is 60.7 Å². The molecule has 28 heavy (non-hydrogen) atoms. The van der Waals surface area contributed by atoms with Gasteiger partial charge in [-0.3, -0.25) is 10.6 Å². The molecule has 2 atom stereocenters. The van der Waals surface area contributed by atoms with E-state index in [4.69, 9.17) is 10.6 Å². The van der Waals surface area contributed by atoms with Crippen LogP contribution in [0.25, 0.3) is 0 Å². The van der Waals surface area contributed by atoms with Gasteiger partial charge in [-0.15, -0.1) is 0 Å². The lowest BCUT2D eigenvalue weighted by Gasteiger charge is -2.26. The molecule has 2 aromatic carbocycles. The van der Waals surface area contributed by atoms with Gasteiger partial charge in [0.1, 0.15) is 6.61 Å². The number of hydrazine groups is 1. The van der Waals surface area contributed by atoms with Crippen LogP contribution in [0.4, 0.5) is 0 Å². The first-order valence-corrected chi connectivity index (χ1v) is 9.88. The molecule has 0 saturated heterocycles. The summed E-state index contributed by atoms with van der Waals surface area (Å²) in [4.78, 5) is 12.8. The van der Waals surface area contributed by atoms with Crippen LogP contribution in [-0.2, 0) is 22.6 Å². The average molecular weight is 385 g/mol. The van der Waals surface area contributed by atoms with E-state index in [1.165, 1.54) is 0 Å². The van der Waals surface area contributed by atoms with Crippen LogP contribution in [0.15, 0.2) is 60.7 Å². The fraction of sp³-hybridized carbons (Fsp3) is 0.435. The summed E-state index contributed by atoms with van der Waals surface area (Å²) in [5.74, 6) is 5.49. The number of esters is 1. The van der Waals surface area contributed by atoms with Gasteiger partial charge in [-0.05, 0) is 29.9 Å². The molecule has 0 radical (unpaired) electrons. The second-order valence-corrected chi connectivity index (χ2v) is 7.63. The lowest BCUT2D eigenvalue weighted by Crippen LogP contribution is -2.44. The Morgan fingerprint density at radius 2 is 1.61 bits per heavy atom. The lowest BCUT2D eigenvalue weighted by molar-refractivity contribution is -0.154. The minimum Gasteiger partial charge on any atom is -0.461 e. The van der Waals surface area contributed by atoms with Gasteiger partial charge in [0, 0.05) is 13.1 Å². The molecule has 3 N–H and O–H groups in total. The number of benzene rings is 2. The quantitative estimate of drug-likeness (QED) is 0.354. The zero-order chi connectivity index (χ0) is 20.4. The number of ether oxygens (including phenoxy) is 1. The van der Waals surface area contributed by atoms with Gasteiger partial charge >= 0.3 is 5.97 Å². The maximum Gasteiger partial charge on any atom is 0.312 e. The number of hydrogen-bond donors (Lipinski definition) is 2. The maximum atomic E-state index is 12.8. The number of carbonyl (C=O) groups is 1. The first kappa shape index (κ1) is 22.1. The predicted octanol–water partition coefficient (Wildman–Crippen LogP) is 3.17. The number of aliphatic hydroxyl groups is 1. The minimum atomic E-state index is -0.902. The molecule has 0 bridgehead atoms. The SMILES string of the molecule is CC(C)CCN(N)C[C@H](O)[C@H](Cc1ccccc1)C(=O)OCc1ccccc1. The van der Waals surface area contributed by atoms with Crippen molar-refractivity contribution in [2.24, 2.45) is 17.7 Å². The smallest absolute Gasteiger partial charge is 0.312 e. The van der Waals surface area contributed by atoms with Crippen molar-refractivity contribution >= 4 is 5.97 Å². The molecule has 0 spiro atoms. The number of aliphatic hydroxyl groups excluding tert-OH is 1. The Labute approximate surface area is 168 Å². The number of carbonyl (C=O) groups excluding carboxylic acids is 1. The van der Waals surface area contributed by atoms with Crippen LogP contribution in [0, 0.1) is 11.8 Å². The fourth-order valence-corrected chi connectivity index (χ4v) is 2.96. The van der Waals surface area contributed by atoms with Gasteiger partial charge in [0.2, 0.25) is 0 Å². The van der Waals surface area contributed by atoms with Crippen LogP contribution in [-0.4, -0.2) is 35.3 Å². The fourth-order valence-electron chi connectivity index (χ4n) is 2.96. The van der Waals surface area contributed by atoms with E-state index in [1.54, 1.807) is 5.01 Å². The van der Waals surface area contributed by atoms with Crippen molar-refractivity contribution < 1.29 is 14.6 Å². The Morgan fingerprint density at radius 1 is 1.04 bits per heavy atom. The molecule has 0 unspecified atom stereocenters. The first-order valence-electron chi connectivity index (χ1n) is 9.88. The van der Waals surface area contributed by atoms with Gasteiger partial charge < -0.3 is 9.84 Å². The summed E-state index contributed by atoms with van der Waals surface area (Å²) in [6, 6.07) is 19.2. The Kier molecular flexibility index (Phi) is 9.14. The highest BCUT2D eigenvalue weighted by molar-refractivity contribution is 5.73. The minimum absolute atomic E-state index is 0.192. The van der Waals surface area contributed by atoms with Crippen molar-refractivity contribution in [3.8, 4) is 0 Å². The molecule has 2 rings (SSSR count). The molecule has 0 aliphatic rings. The highest BCUT2D eigenvalue weighted by Gasteiger charge is 2.29. The molecule has 0 heterocycles. The number of nitrogens with two attached hydrogens (primary N) is 1. The summed E-state index contributed by atoms with van der Waals surface area (Å²) in [6.07, 6.45) is 0.444. The summed E-state index contributed by atoms with van der Waals surface area (Å²) >= 11 is 0. The van der Waals surface area contributed by atoms with E-state index in [2.05, 4.69) is 13.8 Å². The Morgan fingerprint density at radius 3 is 2.18 bits per heavy atom. The highest BCUT2D eigenvalue weighted by atomic mass is 16.5. The van der Waals surface area contributed by atoms with Crippen LogP contribution < -0.4 is 5.84 Å². The topological polar surface area (TPSA) is 75.8 Å². The van der Waals surface area contributed by atoms with Crippen molar-refractivity contribution in [1.82, 2.24) is 5.01 Å². The summed E-state index contributed by atoms with van der Waals surface area (Å²) in [5.41, 5.74) is 1.90. The average Bonchev–Trinajstić information content (AvgIpc) is 2.70. The lowest BCUT2D eigenvalue weighted by atomic mass is 9.93. The molecule has 0 aliphatic carbocycles. The van der Waals surface area contributed by atoms with Crippen molar-refractivity contribution in [3.05, 3.63) is 71.8 Å². The Hall–Kier alpha value is -2.21. The third kappa shape index (κ3) is 7.80. The largest absolute Gasteiger partial charge is 0.461 e. The van der Waals surface area contributed by atoms with Crippen molar-refractivity contribution in [2.45, 2.75) is 39.4 Å². The standard InChI is InChI=1S/C23H32N2O3/c1-18(2)13-14-25(24)16-22(26)21(15-19-9-5-3-6-10-19)23(27)28-17-20-11-7-4-8-12-20/h3-12,18,21-22,26H,13-17,24H2,1-2H3/t21-,22-/m0/s1. The van der Waals surface area contributed by atoms with Gasteiger partial charge in [0.05, 0.1) is 12.0 Å². The van der Waals surface area contributed by atoms with E-state index in [9.17, 15) is 9.90 Å². The van der Waals surface area contributed by atoms with Crippen molar-refractivity contribution in [3.63, 3.8) is 0 Å².